The van der Waals surface area contributed by atoms with E-state index in [9.17, 15) is 10.2 Å². The third-order valence-electron chi connectivity index (χ3n) is 13.2. The van der Waals surface area contributed by atoms with Crippen LogP contribution in [0, 0.1) is 0 Å². The lowest BCUT2D eigenvalue weighted by Crippen LogP contribution is -2.41. The van der Waals surface area contributed by atoms with Crippen LogP contribution in [0.5, 0.6) is 0 Å². The number of nitrogens with zero attached hydrogens (tertiary/aromatic N) is 2. The predicted octanol–water partition coefficient (Wildman–Crippen LogP) is 11.8. The van der Waals surface area contributed by atoms with E-state index in [0.29, 0.717) is 13.6 Å². The van der Waals surface area contributed by atoms with Crippen molar-refractivity contribution < 1.29 is 29.2 Å². The van der Waals surface area contributed by atoms with E-state index in [4.69, 9.17) is 18.9 Å². The molecule has 62 heavy (non-hydrogen) atoms. The van der Waals surface area contributed by atoms with Gasteiger partial charge >= 0.3 is 0 Å². The van der Waals surface area contributed by atoms with Crippen LogP contribution in [0.3, 0.4) is 0 Å². The molecular weight excluding hydrogens is 845 g/mol. The van der Waals surface area contributed by atoms with Gasteiger partial charge in [-0.2, -0.15) is 0 Å². The molecule has 0 aliphatic carbocycles. The van der Waals surface area contributed by atoms with Crippen molar-refractivity contribution in [2.24, 2.45) is 0 Å². The summed E-state index contributed by atoms with van der Waals surface area (Å²) in [6.07, 6.45) is 44.1. The van der Waals surface area contributed by atoms with Gasteiger partial charge in [0.1, 0.15) is 32.9 Å². The molecule has 2 N–H and O–H groups in total. The van der Waals surface area contributed by atoms with Crippen LogP contribution in [0.1, 0.15) is 232 Å². The van der Waals surface area contributed by atoms with E-state index < -0.39 is 19.4 Å². The first-order valence-electron chi connectivity index (χ1n) is 27.0. The summed E-state index contributed by atoms with van der Waals surface area (Å²) in [6.45, 7) is 11.3. The van der Waals surface area contributed by atoms with E-state index in [1.807, 2.05) is 21.6 Å². The minimum atomic E-state index is -0.623. The smallest absolute Gasteiger partial charge is 0.147 e. The summed E-state index contributed by atoms with van der Waals surface area (Å²) in [5, 5.41) is 21.4. The molecule has 0 bridgehead atoms. The lowest BCUT2D eigenvalue weighted by Gasteiger charge is -2.30. The van der Waals surface area contributed by atoms with Gasteiger partial charge in [-0.3, -0.25) is 0 Å². The average molecular weight is 950 g/mol. The fourth-order valence-corrected chi connectivity index (χ4v) is 14.8. The van der Waals surface area contributed by atoms with Gasteiger partial charge in [0.2, 0.25) is 0 Å². The van der Waals surface area contributed by atoms with Crippen LogP contribution >= 0.6 is 21.6 Å². The summed E-state index contributed by atoms with van der Waals surface area (Å²) in [5.41, 5.74) is -0.260. The van der Waals surface area contributed by atoms with Crippen molar-refractivity contribution >= 4 is 41.0 Å². The number of aliphatic hydroxyl groups excluding tert-OH is 2. The second-order valence-electron chi connectivity index (χ2n) is 19.1. The van der Waals surface area contributed by atoms with Gasteiger partial charge in [-0.25, -0.2) is 0 Å². The Morgan fingerprint density at radius 1 is 0.419 bits per heavy atom. The molecule has 0 aromatic heterocycles. The van der Waals surface area contributed by atoms with Crippen LogP contribution in [0.4, 0.5) is 0 Å². The van der Waals surface area contributed by atoms with E-state index in [0.717, 1.165) is 102 Å². The largest absolute Gasteiger partial charge is 0.396 e. The minimum absolute atomic E-state index is 0.130. The Labute approximate surface area is 397 Å². The highest BCUT2D eigenvalue weighted by Gasteiger charge is 2.22. The summed E-state index contributed by atoms with van der Waals surface area (Å²) >= 11 is 0. The number of hydrogen-bond donors (Lipinski definition) is 2. The highest BCUT2D eigenvalue weighted by atomic mass is 33.1. The average Bonchev–Trinajstić information content (AvgIpc) is 3.26. The van der Waals surface area contributed by atoms with E-state index in [1.54, 1.807) is 0 Å². The zero-order valence-corrected chi connectivity index (χ0v) is 45.5. The van der Waals surface area contributed by atoms with E-state index in [1.165, 1.54) is 167 Å². The quantitative estimate of drug-likeness (QED) is 0.0267. The van der Waals surface area contributed by atoms with Gasteiger partial charge < -0.3 is 38.3 Å². The second kappa shape index (κ2) is 45.6. The second-order valence-corrected chi connectivity index (χ2v) is 26.2. The van der Waals surface area contributed by atoms with E-state index >= 15 is 0 Å². The molecule has 2 saturated heterocycles. The summed E-state index contributed by atoms with van der Waals surface area (Å²) < 4.78 is 29.2. The predicted molar refractivity (Wildman–Crippen MR) is 277 cm³/mol. The van der Waals surface area contributed by atoms with Crippen LogP contribution in [0.15, 0.2) is 0 Å². The Hall–Kier alpha value is 0.814. The van der Waals surface area contributed by atoms with Gasteiger partial charge in [0.05, 0.1) is 23.7 Å². The molecule has 0 spiro atoms. The van der Waals surface area contributed by atoms with E-state index in [2.05, 4.69) is 23.0 Å². The van der Waals surface area contributed by atoms with Crippen molar-refractivity contribution in [2.75, 3.05) is 64.5 Å². The number of rotatable bonds is 43. The summed E-state index contributed by atoms with van der Waals surface area (Å²) in [6, 6.07) is 0. The Morgan fingerprint density at radius 3 is 1.08 bits per heavy atom. The molecule has 2 aliphatic heterocycles. The highest BCUT2D eigenvalue weighted by Crippen LogP contribution is 2.24. The van der Waals surface area contributed by atoms with Crippen molar-refractivity contribution in [3.63, 3.8) is 0 Å². The Balaban J connectivity index is 1.39. The van der Waals surface area contributed by atoms with E-state index in [-0.39, 0.29) is 23.7 Å². The zero-order valence-electron chi connectivity index (χ0n) is 41.1. The molecule has 0 saturated carbocycles. The Bertz CT molecular complexity index is 854. The van der Waals surface area contributed by atoms with Crippen LogP contribution in [0.2, 0.25) is 0 Å². The molecule has 4 atom stereocenters. The third kappa shape index (κ3) is 37.9. The minimum Gasteiger partial charge on any atom is -0.396 e. The number of unbranched alkanes of at least 4 members (excludes halogenated alkanes) is 24. The standard InChI is InChI=1S/C50H104N2O6S2Si2/c1-3-5-7-9-11-13-15-17-19-21-23-25-27-41-55-45-57-47-31-33-49(53)61-51(39-35-47)37-29-43-59-60-44-30-38-52-40-36-48(32-34-50(54)62-52)58-46-56-42-28-26-24-22-20-18-16-14-12-10-8-6-4-2/h47-50,53-54H,3-46,61-62H2,1-2H3. The maximum atomic E-state index is 10.7. The van der Waals surface area contributed by atoms with Crippen molar-refractivity contribution in [3.8, 4) is 0 Å². The number of hydrogen-bond acceptors (Lipinski definition) is 10. The van der Waals surface area contributed by atoms with Gasteiger partial charge in [0.25, 0.3) is 0 Å². The topological polar surface area (TPSA) is 83.9 Å². The first-order valence-corrected chi connectivity index (χ1v) is 32.4. The highest BCUT2D eigenvalue weighted by molar-refractivity contribution is 8.76. The van der Waals surface area contributed by atoms with Crippen LogP contribution in [-0.4, -0.2) is 127 Å². The lowest BCUT2D eigenvalue weighted by atomic mass is 10.0. The monoisotopic (exact) mass is 949 g/mol. The van der Waals surface area contributed by atoms with Crippen molar-refractivity contribution in [1.29, 1.82) is 0 Å². The number of ether oxygens (including phenoxy) is 4. The van der Waals surface area contributed by atoms with Crippen molar-refractivity contribution in [2.45, 2.75) is 256 Å². The molecule has 12 heteroatoms. The fraction of sp³-hybridized carbons (Fsp3) is 1.00. The van der Waals surface area contributed by atoms with Gasteiger partial charge in [0.15, 0.2) is 0 Å². The Kier molecular flexibility index (Phi) is 43.3. The van der Waals surface area contributed by atoms with Crippen LogP contribution in [0.25, 0.3) is 0 Å². The maximum absolute atomic E-state index is 10.7. The maximum Gasteiger partial charge on any atom is 0.147 e. The number of aliphatic hydroxyl groups is 2. The van der Waals surface area contributed by atoms with Crippen molar-refractivity contribution in [1.82, 2.24) is 9.13 Å². The molecule has 2 aliphatic rings. The fourth-order valence-electron chi connectivity index (χ4n) is 9.06. The first-order chi connectivity index (χ1) is 30.6. The molecule has 0 aromatic rings. The van der Waals surface area contributed by atoms with Crippen LogP contribution < -0.4 is 0 Å². The molecule has 4 unspecified atom stereocenters. The molecule has 2 heterocycles. The summed E-state index contributed by atoms with van der Waals surface area (Å²) in [7, 11) is 2.78. The lowest BCUT2D eigenvalue weighted by molar-refractivity contribution is -0.0975. The molecule has 0 aromatic carbocycles. The molecule has 0 amide bonds. The molecule has 8 nitrogen and oxygen atoms in total. The molecule has 2 rings (SSSR count). The first kappa shape index (κ1) is 58.9. The molecule has 0 radical (unpaired) electrons. The normalized spacial score (nSPS) is 21.7. The molecular formula is C50H104N2O6S2Si2. The molecule has 2 fully saturated rings. The van der Waals surface area contributed by atoms with Gasteiger partial charge in [-0.15, -0.1) is 0 Å². The van der Waals surface area contributed by atoms with Gasteiger partial charge in [0, 0.05) is 24.7 Å². The SMILES string of the molecule is CCCCCCCCCCCCCCCOCOC1CCC(O)[SiH2]N(CCCSSCCCN2CCC(OCOCCCCCCCCCCCCCCC)CCC(O)[SiH2]2)CC1. The van der Waals surface area contributed by atoms with Crippen molar-refractivity contribution in [3.05, 3.63) is 0 Å². The third-order valence-corrected chi connectivity index (χ3v) is 19.7. The molecule has 370 valence electrons. The van der Waals surface area contributed by atoms with Crippen LogP contribution in [-0.2, 0) is 18.9 Å². The summed E-state index contributed by atoms with van der Waals surface area (Å²) in [4.78, 5) is 0. The van der Waals surface area contributed by atoms with Gasteiger partial charge in [-0.05, 0) is 90.4 Å². The zero-order chi connectivity index (χ0) is 44.2. The van der Waals surface area contributed by atoms with Gasteiger partial charge in [-0.1, -0.05) is 190 Å². The Morgan fingerprint density at radius 2 is 0.742 bits per heavy atom. The summed E-state index contributed by atoms with van der Waals surface area (Å²) in [5.74, 6) is 2.33.